The largest absolute Gasteiger partial charge is 0.322 e. The maximum absolute atomic E-state index is 12.3. The van der Waals surface area contributed by atoms with Crippen LogP contribution in [0.3, 0.4) is 0 Å². The Kier molecular flexibility index (Phi) is 3.07. The molecule has 1 aliphatic carbocycles. The molecule has 1 aromatic rings. The molecular formula is C11H15N5OS. The average molecular weight is 265 g/mol. The molecule has 1 N–H and O–H groups in total. The minimum Gasteiger partial charge on any atom is -0.322 e. The highest BCUT2D eigenvalue weighted by atomic mass is 32.2. The van der Waals surface area contributed by atoms with Crippen molar-refractivity contribution in [2.45, 2.75) is 25.3 Å². The predicted molar refractivity (Wildman–Crippen MR) is 67.6 cm³/mol. The minimum absolute atomic E-state index is 0.0236. The van der Waals surface area contributed by atoms with E-state index in [4.69, 9.17) is 0 Å². The Morgan fingerprint density at radius 3 is 3.06 bits per heavy atom. The predicted octanol–water partition coefficient (Wildman–Crippen LogP) is 1.13. The maximum atomic E-state index is 12.3. The first kappa shape index (κ1) is 11.7. The number of rotatable bonds is 3. The van der Waals surface area contributed by atoms with Crippen molar-refractivity contribution in [2.75, 3.05) is 11.6 Å². The van der Waals surface area contributed by atoms with Gasteiger partial charge in [0.15, 0.2) is 5.82 Å². The number of nitrogens with one attached hydrogen (secondary N) is 1. The topological polar surface area (TPSA) is 74.8 Å². The highest BCUT2D eigenvalue weighted by Crippen LogP contribution is 2.37. The van der Waals surface area contributed by atoms with E-state index in [0.29, 0.717) is 18.2 Å². The Hall–Kier alpha value is -1.37. The fraction of sp³-hybridized carbons (Fsp3) is 0.636. The van der Waals surface area contributed by atoms with Gasteiger partial charge in [0.05, 0.1) is 5.88 Å². The molecule has 1 amide bonds. The summed E-state index contributed by atoms with van der Waals surface area (Å²) < 4.78 is 0. The van der Waals surface area contributed by atoms with Crippen LogP contribution in [-0.2, 0) is 4.79 Å². The number of amides is 1. The molecular weight excluding hydrogens is 250 g/mol. The molecule has 7 heteroatoms. The van der Waals surface area contributed by atoms with Gasteiger partial charge in [0, 0.05) is 12.2 Å². The molecule has 96 valence electrons. The third-order valence-electron chi connectivity index (χ3n) is 3.48. The Bertz CT molecular complexity index is 452. The van der Waals surface area contributed by atoms with Crippen molar-refractivity contribution >= 4 is 17.7 Å². The standard InChI is InChI=1S/C11H15N5OS/c1-7-2-8(3-7)4-10(17)16-6-18-5-9(16)11-12-14-15-13-11/h8-9H,1-6H2,(H,12,13,14,15). The smallest absolute Gasteiger partial charge is 0.224 e. The summed E-state index contributed by atoms with van der Waals surface area (Å²) >= 11 is 1.74. The summed E-state index contributed by atoms with van der Waals surface area (Å²) in [4.78, 5) is 14.1. The third-order valence-corrected chi connectivity index (χ3v) is 4.49. The van der Waals surface area contributed by atoms with Gasteiger partial charge in [0.25, 0.3) is 0 Å². The second-order valence-electron chi connectivity index (χ2n) is 4.88. The first-order chi connectivity index (χ1) is 8.74. The summed E-state index contributed by atoms with van der Waals surface area (Å²) in [6, 6.07) is -0.0236. The molecule has 0 aromatic carbocycles. The van der Waals surface area contributed by atoms with Crippen molar-refractivity contribution in [3.8, 4) is 0 Å². The number of tetrazole rings is 1. The van der Waals surface area contributed by atoms with Crippen molar-refractivity contribution in [3.63, 3.8) is 0 Å². The molecule has 0 spiro atoms. The first-order valence-corrected chi connectivity index (χ1v) is 7.16. The van der Waals surface area contributed by atoms with Gasteiger partial charge in [0.2, 0.25) is 5.91 Å². The van der Waals surface area contributed by atoms with Crippen LogP contribution >= 0.6 is 11.8 Å². The van der Waals surface area contributed by atoms with Gasteiger partial charge in [-0.05, 0) is 18.8 Å². The van der Waals surface area contributed by atoms with Crippen molar-refractivity contribution in [3.05, 3.63) is 18.0 Å². The number of hydrogen-bond donors (Lipinski definition) is 1. The lowest BCUT2D eigenvalue weighted by atomic mass is 9.79. The zero-order valence-corrected chi connectivity index (χ0v) is 10.8. The summed E-state index contributed by atoms with van der Waals surface area (Å²) in [7, 11) is 0. The van der Waals surface area contributed by atoms with Crippen LogP contribution in [0.15, 0.2) is 12.2 Å². The van der Waals surface area contributed by atoms with E-state index in [-0.39, 0.29) is 11.9 Å². The summed E-state index contributed by atoms with van der Waals surface area (Å²) in [5.74, 6) is 2.88. The molecule has 1 saturated carbocycles. The molecule has 2 fully saturated rings. The average Bonchev–Trinajstić information content (AvgIpc) is 2.97. The van der Waals surface area contributed by atoms with Crippen LogP contribution in [0.5, 0.6) is 0 Å². The second kappa shape index (κ2) is 4.72. The Morgan fingerprint density at radius 1 is 1.56 bits per heavy atom. The number of H-pyrrole nitrogens is 1. The van der Waals surface area contributed by atoms with Gasteiger partial charge >= 0.3 is 0 Å². The Labute approximate surface area is 109 Å². The Balaban J connectivity index is 1.63. The van der Waals surface area contributed by atoms with E-state index in [0.717, 1.165) is 24.5 Å². The van der Waals surface area contributed by atoms with E-state index >= 15 is 0 Å². The monoisotopic (exact) mass is 265 g/mol. The fourth-order valence-electron chi connectivity index (χ4n) is 2.48. The van der Waals surface area contributed by atoms with Crippen molar-refractivity contribution in [1.29, 1.82) is 0 Å². The van der Waals surface area contributed by atoms with Crippen molar-refractivity contribution in [2.24, 2.45) is 5.92 Å². The Morgan fingerprint density at radius 2 is 2.39 bits per heavy atom. The van der Waals surface area contributed by atoms with E-state index in [9.17, 15) is 4.79 Å². The fourth-order valence-corrected chi connectivity index (χ4v) is 3.66. The maximum Gasteiger partial charge on any atom is 0.224 e. The highest BCUT2D eigenvalue weighted by Gasteiger charge is 2.35. The number of hydrogen-bond acceptors (Lipinski definition) is 5. The lowest BCUT2D eigenvalue weighted by Gasteiger charge is -2.30. The molecule has 3 rings (SSSR count). The van der Waals surface area contributed by atoms with Gasteiger partial charge in [0.1, 0.15) is 6.04 Å². The summed E-state index contributed by atoms with van der Waals surface area (Å²) in [5, 5.41) is 14.0. The number of carbonyl (C=O) groups is 1. The van der Waals surface area contributed by atoms with Gasteiger partial charge in [-0.3, -0.25) is 4.79 Å². The van der Waals surface area contributed by atoms with Crippen LogP contribution < -0.4 is 0 Å². The van der Waals surface area contributed by atoms with E-state index in [1.807, 2.05) is 4.90 Å². The summed E-state index contributed by atoms with van der Waals surface area (Å²) in [5.41, 5.74) is 1.26. The van der Waals surface area contributed by atoms with Crippen LogP contribution in [0.4, 0.5) is 0 Å². The quantitative estimate of drug-likeness (QED) is 0.829. The third kappa shape index (κ3) is 2.14. The lowest BCUT2D eigenvalue weighted by molar-refractivity contribution is -0.133. The first-order valence-electron chi connectivity index (χ1n) is 6.01. The van der Waals surface area contributed by atoms with E-state index in [2.05, 4.69) is 27.2 Å². The number of nitrogens with zero attached hydrogens (tertiary/aromatic N) is 4. The van der Waals surface area contributed by atoms with Gasteiger partial charge in [-0.2, -0.15) is 5.21 Å². The molecule has 2 heterocycles. The molecule has 18 heavy (non-hydrogen) atoms. The van der Waals surface area contributed by atoms with E-state index in [1.165, 1.54) is 5.57 Å². The molecule has 1 unspecified atom stereocenters. The number of aromatic amines is 1. The van der Waals surface area contributed by atoms with Crippen LogP contribution in [0, 0.1) is 5.92 Å². The molecule has 6 nitrogen and oxygen atoms in total. The van der Waals surface area contributed by atoms with Gasteiger partial charge in [-0.25, -0.2) is 0 Å². The highest BCUT2D eigenvalue weighted by molar-refractivity contribution is 7.99. The second-order valence-corrected chi connectivity index (χ2v) is 5.88. The molecule has 0 radical (unpaired) electrons. The van der Waals surface area contributed by atoms with Crippen LogP contribution in [0.25, 0.3) is 0 Å². The van der Waals surface area contributed by atoms with E-state index in [1.54, 1.807) is 11.8 Å². The summed E-state index contributed by atoms with van der Waals surface area (Å²) in [6.45, 7) is 3.91. The van der Waals surface area contributed by atoms with Gasteiger partial charge in [-0.15, -0.1) is 22.0 Å². The van der Waals surface area contributed by atoms with Crippen LogP contribution in [0.2, 0.25) is 0 Å². The SMILES string of the molecule is C=C1CC(CC(=O)N2CSCC2c2nn[nH]n2)C1. The number of thioether (sulfide) groups is 1. The molecule has 0 bridgehead atoms. The zero-order valence-electron chi connectivity index (χ0n) is 10.0. The minimum atomic E-state index is -0.0236. The van der Waals surface area contributed by atoms with Crippen LogP contribution in [0.1, 0.15) is 31.1 Å². The number of allylic oxidation sites excluding steroid dienone is 1. The molecule has 1 aliphatic heterocycles. The normalized spacial score (nSPS) is 24.3. The molecule has 1 aromatic heterocycles. The van der Waals surface area contributed by atoms with Crippen molar-refractivity contribution < 1.29 is 4.79 Å². The van der Waals surface area contributed by atoms with Gasteiger partial charge < -0.3 is 4.90 Å². The molecule has 1 atom stereocenters. The molecule has 1 saturated heterocycles. The van der Waals surface area contributed by atoms with Gasteiger partial charge in [-0.1, -0.05) is 17.4 Å². The van der Waals surface area contributed by atoms with E-state index < -0.39 is 0 Å². The number of carbonyl (C=O) groups excluding carboxylic acids is 1. The van der Waals surface area contributed by atoms with Crippen molar-refractivity contribution in [1.82, 2.24) is 25.5 Å². The summed E-state index contributed by atoms with van der Waals surface area (Å²) in [6.07, 6.45) is 2.62. The molecule has 2 aliphatic rings. The lowest BCUT2D eigenvalue weighted by Crippen LogP contribution is -2.34. The van der Waals surface area contributed by atoms with Crippen LogP contribution in [-0.4, -0.2) is 43.1 Å². The number of aromatic nitrogens is 4. The zero-order chi connectivity index (χ0) is 12.5.